The van der Waals surface area contributed by atoms with Gasteiger partial charge in [-0.05, 0) is 65.8 Å². The number of hydrogen-bond acceptors (Lipinski definition) is 2. The highest BCUT2D eigenvalue weighted by atomic mass is 16.2. The van der Waals surface area contributed by atoms with E-state index in [1.165, 1.54) is 16.7 Å². The summed E-state index contributed by atoms with van der Waals surface area (Å²) in [5, 5.41) is 3.06. The molecule has 4 heteroatoms. The fourth-order valence-electron chi connectivity index (χ4n) is 3.56. The summed E-state index contributed by atoms with van der Waals surface area (Å²) in [6.07, 6.45) is 6.42. The predicted octanol–water partition coefficient (Wildman–Crippen LogP) is 4.45. The molecule has 0 radical (unpaired) electrons. The third-order valence-electron chi connectivity index (χ3n) is 5.00. The maximum absolute atomic E-state index is 12.6. The highest BCUT2D eigenvalue weighted by Gasteiger charge is 2.24. The van der Waals surface area contributed by atoms with E-state index in [0.717, 1.165) is 37.1 Å². The Morgan fingerprint density at radius 2 is 1.81 bits per heavy atom. The van der Waals surface area contributed by atoms with Crippen molar-refractivity contribution in [2.24, 2.45) is 0 Å². The molecule has 0 saturated carbocycles. The lowest BCUT2D eigenvalue weighted by molar-refractivity contribution is 0.246. The first-order valence-corrected chi connectivity index (χ1v) is 9.44. The lowest BCUT2D eigenvalue weighted by Crippen LogP contribution is -2.39. The number of benzene rings is 2. The summed E-state index contributed by atoms with van der Waals surface area (Å²) in [6, 6.07) is 20.7. The standard InChI is InChI=1S/C23H23N3O/c27-23(25-13-4-7-18-5-2-1-3-6-18)26-16-12-21-17-20(8-9-22(21)26)19-10-14-24-15-11-19/h1-3,5-6,8-11,14-15,17H,4,7,12-13,16H2,(H,25,27). The number of aromatic nitrogens is 1. The SMILES string of the molecule is O=C(NCCCc1ccccc1)N1CCc2cc(-c3ccncc3)ccc21. The molecular weight excluding hydrogens is 334 g/mol. The Kier molecular flexibility index (Phi) is 5.15. The van der Waals surface area contributed by atoms with Crippen LogP contribution in [-0.2, 0) is 12.8 Å². The maximum Gasteiger partial charge on any atom is 0.321 e. The van der Waals surface area contributed by atoms with E-state index in [1.54, 1.807) is 12.4 Å². The summed E-state index contributed by atoms with van der Waals surface area (Å²) >= 11 is 0. The molecule has 0 bridgehead atoms. The molecule has 0 unspecified atom stereocenters. The van der Waals surface area contributed by atoms with Gasteiger partial charge in [-0.25, -0.2) is 4.79 Å². The van der Waals surface area contributed by atoms with Crippen LogP contribution in [0.15, 0.2) is 73.1 Å². The van der Waals surface area contributed by atoms with Crippen LogP contribution in [-0.4, -0.2) is 24.1 Å². The van der Waals surface area contributed by atoms with Crippen LogP contribution in [0.2, 0.25) is 0 Å². The first-order chi connectivity index (χ1) is 13.3. The Labute approximate surface area is 159 Å². The van der Waals surface area contributed by atoms with Crippen molar-refractivity contribution in [2.75, 3.05) is 18.0 Å². The molecule has 27 heavy (non-hydrogen) atoms. The third kappa shape index (κ3) is 4.00. The minimum Gasteiger partial charge on any atom is -0.338 e. The van der Waals surface area contributed by atoms with Crippen molar-refractivity contribution in [1.82, 2.24) is 10.3 Å². The van der Waals surface area contributed by atoms with Gasteiger partial charge in [0.05, 0.1) is 0 Å². The second-order valence-corrected chi connectivity index (χ2v) is 6.80. The molecule has 0 fully saturated rings. The molecule has 0 atom stereocenters. The number of amides is 2. The zero-order valence-corrected chi connectivity index (χ0v) is 15.3. The van der Waals surface area contributed by atoms with E-state index in [-0.39, 0.29) is 6.03 Å². The largest absolute Gasteiger partial charge is 0.338 e. The second kappa shape index (κ2) is 8.04. The number of carbonyl (C=O) groups excluding carboxylic acids is 1. The van der Waals surface area contributed by atoms with Gasteiger partial charge in [-0.2, -0.15) is 0 Å². The highest BCUT2D eigenvalue weighted by Crippen LogP contribution is 2.32. The molecule has 1 N–H and O–H groups in total. The summed E-state index contributed by atoms with van der Waals surface area (Å²) in [6.45, 7) is 1.42. The number of aryl methyl sites for hydroxylation is 1. The number of nitrogens with one attached hydrogen (secondary N) is 1. The second-order valence-electron chi connectivity index (χ2n) is 6.80. The zero-order chi connectivity index (χ0) is 18.5. The van der Waals surface area contributed by atoms with Crippen molar-refractivity contribution < 1.29 is 4.79 Å². The summed E-state index contributed by atoms with van der Waals surface area (Å²) in [5.41, 5.74) is 5.87. The van der Waals surface area contributed by atoms with Gasteiger partial charge in [0.2, 0.25) is 0 Å². The van der Waals surface area contributed by atoms with Gasteiger partial charge < -0.3 is 5.32 Å². The molecule has 4 nitrogen and oxygen atoms in total. The van der Waals surface area contributed by atoms with Crippen molar-refractivity contribution in [2.45, 2.75) is 19.3 Å². The fourth-order valence-corrected chi connectivity index (χ4v) is 3.56. The van der Waals surface area contributed by atoms with Gasteiger partial charge >= 0.3 is 6.03 Å². The number of nitrogens with zero attached hydrogens (tertiary/aromatic N) is 2. The van der Waals surface area contributed by atoms with Crippen LogP contribution in [0.3, 0.4) is 0 Å². The number of urea groups is 1. The van der Waals surface area contributed by atoms with Crippen LogP contribution >= 0.6 is 0 Å². The molecule has 0 saturated heterocycles. The minimum atomic E-state index is -0.00141. The van der Waals surface area contributed by atoms with Crippen LogP contribution in [0, 0.1) is 0 Å². The van der Waals surface area contributed by atoms with E-state index in [2.05, 4.69) is 52.8 Å². The Balaban J connectivity index is 1.35. The van der Waals surface area contributed by atoms with Gasteiger partial charge in [0.25, 0.3) is 0 Å². The summed E-state index contributed by atoms with van der Waals surface area (Å²) in [4.78, 5) is 18.5. The van der Waals surface area contributed by atoms with E-state index in [0.29, 0.717) is 6.54 Å². The van der Waals surface area contributed by atoms with Gasteiger partial charge in [-0.3, -0.25) is 9.88 Å². The lowest BCUT2D eigenvalue weighted by atomic mass is 10.0. The van der Waals surface area contributed by atoms with Crippen LogP contribution in [0.4, 0.5) is 10.5 Å². The number of rotatable bonds is 5. The van der Waals surface area contributed by atoms with Gasteiger partial charge in [0.1, 0.15) is 0 Å². The molecule has 1 aliphatic heterocycles. The smallest absolute Gasteiger partial charge is 0.321 e. The molecule has 0 spiro atoms. The van der Waals surface area contributed by atoms with Crippen LogP contribution < -0.4 is 10.2 Å². The van der Waals surface area contributed by atoms with Crippen LogP contribution in [0.25, 0.3) is 11.1 Å². The van der Waals surface area contributed by atoms with Gasteiger partial charge in [0, 0.05) is 31.2 Å². The number of carbonyl (C=O) groups is 1. The topological polar surface area (TPSA) is 45.2 Å². The van der Waals surface area contributed by atoms with Gasteiger partial charge in [-0.15, -0.1) is 0 Å². The van der Waals surface area contributed by atoms with Crippen molar-refractivity contribution in [3.63, 3.8) is 0 Å². The van der Waals surface area contributed by atoms with Gasteiger partial charge in [0.15, 0.2) is 0 Å². The first-order valence-electron chi connectivity index (χ1n) is 9.44. The first kappa shape index (κ1) is 17.3. The number of anilines is 1. The zero-order valence-electron chi connectivity index (χ0n) is 15.3. The number of hydrogen-bond donors (Lipinski definition) is 1. The third-order valence-corrected chi connectivity index (χ3v) is 5.00. The predicted molar refractivity (Wildman–Crippen MR) is 109 cm³/mol. The average molecular weight is 357 g/mol. The van der Waals surface area contributed by atoms with E-state index >= 15 is 0 Å². The van der Waals surface area contributed by atoms with Crippen molar-refractivity contribution in [3.05, 3.63) is 84.2 Å². The molecule has 136 valence electrons. The average Bonchev–Trinajstić information content (AvgIpc) is 3.16. The van der Waals surface area contributed by atoms with Crippen LogP contribution in [0.1, 0.15) is 17.5 Å². The van der Waals surface area contributed by atoms with Crippen molar-refractivity contribution in [3.8, 4) is 11.1 Å². The highest BCUT2D eigenvalue weighted by molar-refractivity contribution is 5.94. The molecule has 3 aromatic rings. The lowest BCUT2D eigenvalue weighted by Gasteiger charge is -2.18. The monoisotopic (exact) mass is 357 g/mol. The normalized spacial score (nSPS) is 12.7. The van der Waals surface area contributed by atoms with Crippen molar-refractivity contribution in [1.29, 1.82) is 0 Å². The van der Waals surface area contributed by atoms with E-state index in [1.807, 2.05) is 23.1 Å². The molecular formula is C23H23N3O. The molecule has 1 aliphatic rings. The Bertz CT molecular complexity index is 909. The molecule has 4 rings (SSSR count). The van der Waals surface area contributed by atoms with E-state index < -0.39 is 0 Å². The number of pyridine rings is 1. The summed E-state index contributed by atoms with van der Waals surface area (Å²) in [5.74, 6) is 0. The molecule has 2 amide bonds. The van der Waals surface area contributed by atoms with E-state index in [9.17, 15) is 4.79 Å². The van der Waals surface area contributed by atoms with Gasteiger partial charge in [-0.1, -0.05) is 36.4 Å². The Hall–Kier alpha value is -3.14. The molecule has 2 aromatic carbocycles. The minimum absolute atomic E-state index is 0.00141. The maximum atomic E-state index is 12.6. The summed E-state index contributed by atoms with van der Waals surface area (Å²) in [7, 11) is 0. The van der Waals surface area contributed by atoms with E-state index in [4.69, 9.17) is 0 Å². The quantitative estimate of drug-likeness (QED) is 0.686. The Morgan fingerprint density at radius 1 is 1.00 bits per heavy atom. The van der Waals surface area contributed by atoms with Crippen LogP contribution in [0.5, 0.6) is 0 Å². The summed E-state index contributed by atoms with van der Waals surface area (Å²) < 4.78 is 0. The molecule has 1 aromatic heterocycles. The molecule has 2 heterocycles. The fraction of sp³-hybridized carbons (Fsp3) is 0.217. The van der Waals surface area contributed by atoms with Crippen molar-refractivity contribution >= 4 is 11.7 Å². The Morgan fingerprint density at radius 3 is 2.63 bits per heavy atom. The molecule has 0 aliphatic carbocycles. The number of fused-ring (bicyclic) bond motifs is 1.